The largest absolute Gasteiger partial charge is 0.478 e. The van der Waals surface area contributed by atoms with Gasteiger partial charge in [0.05, 0.1) is 22.9 Å². The molecular formula is C20H21N3O3. The van der Waals surface area contributed by atoms with Crippen molar-refractivity contribution >= 4 is 17.9 Å². The molecule has 0 amide bonds. The van der Waals surface area contributed by atoms with E-state index < -0.39 is 5.97 Å². The first-order chi connectivity index (χ1) is 12.4. The van der Waals surface area contributed by atoms with Gasteiger partial charge in [0.15, 0.2) is 0 Å². The zero-order chi connectivity index (χ0) is 18.8. The fraction of sp³-hybridized carbons (Fsp3) is 0.250. The van der Waals surface area contributed by atoms with Gasteiger partial charge in [-0.3, -0.25) is 14.9 Å². The molecule has 2 N–H and O–H groups in total. The molecule has 1 atom stereocenters. The number of H-pyrrole nitrogens is 1. The molecule has 26 heavy (non-hydrogen) atoms. The van der Waals surface area contributed by atoms with Crippen LogP contribution in [0.4, 0.5) is 5.69 Å². The van der Waals surface area contributed by atoms with Gasteiger partial charge in [-0.25, -0.2) is 9.48 Å². The van der Waals surface area contributed by atoms with Crippen molar-refractivity contribution in [2.75, 3.05) is 0 Å². The quantitative estimate of drug-likeness (QED) is 0.825. The Kier molecular flexibility index (Phi) is 4.75. The summed E-state index contributed by atoms with van der Waals surface area (Å²) in [6.07, 6.45) is 10.0. The smallest absolute Gasteiger partial charge is 0.337 e. The van der Waals surface area contributed by atoms with E-state index in [2.05, 4.69) is 10.1 Å². The molecule has 0 fully saturated rings. The number of aromatic nitrogens is 2. The number of nitrogens with one attached hydrogen (secondary N) is 1. The minimum Gasteiger partial charge on any atom is -0.478 e. The predicted octanol–water partition coefficient (Wildman–Crippen LogP) is 3.61. The standard InChI is InChI=1S/C20H21N3O3/c1-12-9-13(2)18(16(10-12)20(25)26)21-11-17-14(3)22-23(19(17)24)15-7-5-4-6-8-15/h4-7,9-11,15,22H,8H2,1-3H3,(H,25,26). The molecule has 1 heterocycles. The van der Waals surface area contributed by atoms with Crippen molar-refractivity contribution in [2.45, 2.75) is 33.2 Å². The number of aliphatic imine (C=N–C) groups is 1. The van der Waals surface area contributed by atoms with Gasteiger partial charge in [0.1, 0.15) is 0 Å². The molecule has 3 rings (SSSR count). The highest BCUT2D eigenvalue weighted by Gasteiger charge is 2.17. The maximum atomic E-state index is 12.7. The van der Waals surface area contributed by atoms with Crippen LogP contribution in [-0.4, -0.2) is 27.1 Å². The van der Waals surface area contributed by atoms with E-state index in [9.17, 15) is 14.7 Å². The summed E-state index contributed by atoms with van der Waals surface area (Å²) in [5.41, 5.74) is 3.08. The minimum atomic E-state index is -1.04. The van der Waals surface area contributed by atoms with Gasteiger partial charge in [0, 0.05) is 11.9 Å². The molecule has 2 aromatic rings. The SMILES string of the molecule is Cc1cc(C)c(N=Cc2c(C)[nH]n(C3C=CC=CC3)c2=O)c(C(=O)O)c1. The van der Waals surface area contributed by atoms with Gasteiger partial charge in [0.25, 0.3) is 5.56 Å². The van der Waals surface area contributed by atoms with Gasteiger partial charge in [-0.05, 0) is 44.4 Å². The van der Waals surface area contributed by atoms with Crippen molar-refractivity contribution in [1.29, 1.82) is 0 Å². The fourth-order valence-corrected chi connectivity index (χ4v) is 3.15. The number of hydrogen-bond acceptors (Lipinski definition) is 3. The molecule has 6 nitrogen and oxygen atoms in total. The number of carbonyl (C=O) groups is 1. The average Bonchev–Trinajstić information content (AvgIpc) is 2.88. The summed E-state index contributed by atoms with van der Waals surface area (Å²) in [5, 5.41) is 12.5. The monoisotopic (exact) mass is 351 g/mol. The molecule has 0 saturated carbocycles. The third-order valence-corrected chi connectivity index (χ3v) is 4.43. The number of nitrogens with zero attached hydrogens (tertiary/aromatic N) is 2. The third kappa shape index (κ3) is 3.31. The van der Waals surface area contributed by atoms with Crippen molar-refractivity contribution < 1.29 is 9.90 Å². The van der Waals surface area contributed by atoms with Crippen LogP contribution in [0.1, 0.15) is 45.2 Å². The number of aromatic carboxylic acids is 1. The Morgan fingerprint density at radius 3 is 2.73 bits per heavy atom. The van der Waals surface area contributed by atoms with Crippen molar-refractivity contribution in [3.63, 3.8) is 0 Å². The molecule has 1 aromatic carbocycles. The van der Waals surface area contributed by atoms with Gasteiger partial charge >= 0.3 is 5.97 Å². The number of aryl methyl sites for hydroxylation is 3. The van der Waals surface area contributed by atoms with Crippen LogP contribution in [-0.2, 0) is 0 Å². The second-order valence-corrected chi connectivity index (χ2v) is 6.48. The maximum absolute atomic E-state index is 12.7. The van der Waals surface area contributed by atoms with Crippen LogP contribution >= 0.6 is 0 Å². The van der Waals surface area contributed by atoms with Crippen molar-refractivity contribution in [2.24, 2.45) is 4.99 Å². The number of hydrogen-bond donors (Lipinski definition) is 2. The topological polar surface area (TPSA) is 87.5 Å². The third-order valence-electron chi connectivity index (χ3n) is 4.43. The maximum Gasteiger partial charge on any atom is 0.337 e. The van der Waals surface area contributed by atoms with Crippen molar-refractivity contribution in [1.82, 2.24) is 9.78 Å². The van der Waals surface area contributed by atoms with Crippen LogP contribution in [0.5, 0.6) is 0 Å². The molecule has 1 aliphatic carbocycles. The summed E-state index contributed by atoms with van der Waals surface area (Å²) in [6, 6.07) is 3.41. The molecule has 0 spiro atoms. The summed E-state index contributed by atoms with van der Waals surface area (Å²) < 4.78 is 1.58. The van der Waals surface area contributed by atoms with Crippen LogP contribution < -0.4 is 5.56 Å². The Hall–Kier alpha value is -3.15. The Morgan fingerprint density at radius 2 is 2.08 bits per heavy atom. The lowest BCUT2D eigenvalue weighted by molar-refractivity contribution is 0.0697. The summed E-state index contributed by atoms with van der Waals surface area (Å²) in [7, 11) is 0. The van der Waals surface area contributed by atoms with Gasteiger partial charge in [-0.1, -0.05) is 30.4 Å². The highest BCUT2D eigenvalue weighted by atomic mass is 16.4. The van der Waals surface area contributed by atoms with Crippen molar-refractivity contribution in [3.05, 3.63) is 74.7 Å². The Bertz CT molecular complexity index is 1010. The van der Waals surface area contributed by atoms with Gasteiger partial charge in [-0.15, -0.1) is 0 Å². The number of allylic oxidation sites excluding steroid dienone is 4. The highest BCUT2D eigenvalue weighted by molar-refractivity contribution is 5.96. The Labute approximate surface area is 151 Å². The minimum absolute atomic E-state index is 0.0518. The number of benzene rings is 1. The van der Waals surface area contributed by atoms with E-state index >= 15 is 0 Å². The first kappa shape index (κ1) is 17.7. The fourth-order valence-electron chi connectivity index (χ4n) is 3.15. The van der Waals surface area contributed by atoms with Crippen LogP contribution in [0.15, 0.2) is 46.2 Å². The van der Waals surface area contributed by atoms with E-state index in [4.69, 9.17) is 0 Å². The highest BCUT2D eigenvalue weighted by Crippen LogP contribution is 2.26. The van der Waals surface area contributed by atoms with Gasteiger partial charge in [0.2, 0.25) is 0 Å². The summed E-state index contributed by atoms with van der Waals surface area (Å²) in [4.78, 5) is 28.6. The van der Waals surface area contributed by atoms with E-state index in [1.54, 1.807) is 10.7 Å². The van der Waals surface area contributed by atoms with Crippen LogP contribution in [0.3, 0.4) is 0 Å². The van der Waals surface area contributed by atoms with E-state index in [0.29, 0.717) is 16.9 Å². The molecule has 1 aliphatic rings. The van der Waals surface area contributed by atoms with E-state index in [0.717, 1.165) is 17.5 Å². The number of carboxylic acid groups (broad SMARTS) is 1. The lowest BCUT2D eigenvalue weighted by Crippen LogP contribution is -2.23. The van der Waals surface area contributed by atoms with Crippen LogP contribution in [0.25, 0.3) is 0 Å². The number of rotatable bonds is 4. The van der Waals surface area contributed by atoms with Gasteiger partial charge in [-0.2, -0.15) is 0 Å². The predicted molar refractivity (Wildman–Crippen MR) is 102 cm³/mol. The zero-order valence-corrected chi connectivity index (χ0v) is 15.0. The first-order valence-electron chi connectivity index (χ1n) is 8.41. The molecule has 6 heteroatoms. The average molecular weight is 351 g/mol. The molecule has 0 radical (unpaired) electrons. The van der Waals surface area contributed by atoms with Crippen molar-refractivity contribution in [3.8, 4) is 0 Å². The van der Waals surface area contributed by atoms with Crippen LogP contribution in [0.2, 0.25) is 0 Å². The second-order valence-electron chi connectivity index (χ2n) is 6.48. The van der Waals surface area contributed by atoms with E-state index in [1.807, 2.05) is 51.1 Å². The normalized spacial score (nSPS) is 16.5. The molecule has 0 saturated heterocycles. The number of aromatic amines is 1. The van der Waals surface area contributed by atoms with E-state index in [1.165, 1.54) is 6.21 Å². The first-order valence-corrected chi connectivity index (χ1v) is 8.41. The number of carboxylic acids is 1. The Morgan fingerprint density at radius 1 is 1.31 bits per heavy atom. The lowest BCUT2D eigenvalue weighted by Gasteiger charge is -2.13. The molecule has 0 bridgehead atoms. The molecule has 1 aromatic heterocycles. The molecule has 134 valence electrons. The molecule has 1 unspecified atom stereocenters. The molecule has 0 aliphatic heterocycles. The zero-order valence-electron chi connectivity index (χ0n) is 15.0. The van der Waals surface area contributed by atoms with Crippen LogP contribution in [0, 0.1) is 20.8 Å². The summed E-state index contributed by atoms with van der Waals surface area (Å²) in [5.74, 6) is -1.04. The Balaban J connectivity index is 2.02. The summed E-state index contributed by atoms with van der Waals surface area (Å²) >= 11 is 0. The second kappa shape index (κ2) is 7.00. The lowest BCUT2D eigenvalue weighted by atomic mass is 10.0. The molecular weight excluding hydrogens is 330 g/mol. The summed E-state index contributed by atoms with van der Waals surface area (Å²) in [6.45, 7) is 5.46. The van der Waals surface area contributed by atoms with Gasteiger partial charge < -0.3 is 5.11 Å². The van der Waals surface area contributed by atoms with E-state index in [-0.39, 0.29) is 17.2 Å².